The monoisotopic (exact) mass is 542 g/mol. The fraction of sp³-hybridized carbons (Fsp3) is 0.133. The van der Waals surface area contributed by atoms with Crippen molar-refractivity contribution in [1.29, 1.82) is 0 Å². The van der Waals surface area contributed by atoms with Gasteiger partial charge in [-0.2, -0.15) is 0 Å². The second kappa shape index (κ2) is 9.42. The number of fused-ring (bicyclic) bond motifs is 2. The maximum atomic E-state index is 12.7. The molecule has 2 aliphatic heterocycles. The van der Waals surface area contributed by atoms with Crippen molar-refractivity contribution < 1.29 is 49.3 Å². The Labute approximate surface area is 226 Å². The van der Waals surface area contributed by atoms with Gasteiger partial charge in [0.1, 0.15) is 63.6 Å². The lowest BCUT2D eigenvalue weighted by atomic mass is 9.95. The van der Waals surface area contributed by atoms with E-state index in [-0.39, 0.29) is 81.5 Å². The molecule has 6 rings (SSSR count). The number of phenols is 5. The number of hydrogen-bond acceptors (Lipinski definition) is 10. The minimum atomic E-state index is -0.741. The van der Waals surface area contributed by atoms with Crippen molar-refractivity contribution in [2.75, 3.05) is 0 Å². The molecule has 0 aromatic heterocycles. The zero-order valence-electron chi connectivity index (χ0n) is 20.7. The highest BCUT2D eigenvalue weighted by atomic mass is 16.5. The minimum absolute atomic E-state index is 0.00475. The number of Topliss-reactive ketones (excluding diaryl/α,β-unsaturated/α-hetero) is 2. The van der Waals surface area contributed by atoms with Crippen LogP contribution in [-0.2, 0) is 0 Å². The lowest BCUT2D eigenvalue weighted by Gasteiger charge is -2.26. The van der Waals surface area contributed by atoms with E-state index < -0.39 is 12.2 Å². The van der Waals surface area contributed by atoms with Gasteiger partial charge in [0.15, 0.2) is 23.1 Å². The summed E-state index contributed by atoms with van der Waals surface area (Å²) < 4.78 is 17.6. The quantitative estimate of drug-likeness (QED) is 0.225. The highest BCUT2D eigenvalue weighted by molar-refractivity contribution is 6.03. The van der Waals surface area contributed by atoms with E-state index in [1.165, 1.54) is 24.3 Å². The molecule has 0 radical (unpaired) electrons. The van der Waals surface area contributed by atoms with Crippen molar-refractivity contribution in [3.8, 4) is 51.7 Å². The summed E-state index contributed by atoms with van der Waals surface area (Å²) >= 11 is 0. The fourth-order valence-corrected chi connectivity index (χ4v) is 4.91. The summed E-state index contributed by atoms with van der Waals surface area (Å²) in [5, 5.41) is 50.0. The first-order valence-corrected chi connectivity index (χ1v) is 12.3. The Hall–Kier alpha value is -5.38. The van der Waals surface area contributed by atoms with Gasteiger partial charge in [-0.1, -0.05) is 18.2 Å². The molecule has 2 aliphatic rings. The average Bonchev–Trinajstić information content (AvgIpc) is 2.89. The first-order chi connectivity index (χ1) is 19.2. The van der Waals surface area contributed by atoms with Crippen molar-refractivity contribution >= 4 is 11.6 Å². The molecule has 5 N–H and O–H groups in total. The standard InChI is InChI=1S/C30H22O10/c31-16-8-20(34)29-22(36)12-24(39-27(29)10-16)14-1-4-18(5-2-14)38-26-7-15(3-6-19(26)33)25-13-23(37)30-21(35)9-17(32)11-28(30)40-25/h1-11,24-25,31-35H,12-13H2. The molecule has 2 heterocycles. The molecule has 0 aliphatic carbocycles. The number of carbonyl (C=O) groups excluding carboxylic acids is 2. The van der Waals surface area contributed by atoms with Crippen LogP contribution in [0.3, 0.4) is 0 Å². The van der Waals surface area contributed by atoms with Crippen LogP contribution < -0.4 is 14.2 Å². The third-order valence-corrected chi connectivity index (χ3v) is 6.81. The van der Waals surface area contributed by atoms with E-state index in [1.54, 1.807) is 30.3 Å². The smallest absolute Gasteiger partial charge is 0.174 e. The van der Waals surface area contributed by atoms with Crippen molar-refractivity contribution in [1.82, 2.24) is 0 Å². The Kier molecular flexibility index (Phi) is 5.87. The van der Waals surface area contributed by atoms with E-state index in [0.29, 0.717) is 16.9 Å². The highest BCUT2D eigenvalue weighted by Gasteiger charge is 2.32. The third-order valence-electron chi connectivity index (χ3n) is 6.81. The largest absolute Gasteiger partial charge is 0.508 e. The van der Waals surface area contributed by atoms with E-state index in [4.69, 9.17) is 14.2 Å². The highest BCUT2D eigenvalue weighted by Crippen LogP contribution is 2.44. The van der Waals surface area contributed by atoms with E-state index in [1.807, 2.05) is 0 Å². The van der Waals surface area contributed by atoms with Gasteiger partial charge >= 0.3 is 0 Å². The van der Waals surface area contributed by atoms with Gasteiger partial charge in [0, 0.05) is 24.3 Å². The molecule has 10 nitrogen and oxygen atoms in total. The summed E-state index contributed by atoms with van der Waals surface area (Å²) in [6.45, 7) is 0. The van der Waals surface area contributed by atoms with Crippen LogP contribution >= 0.6 is 0 Å². The predicted octanol–water partition coefficient (Wildman–Crippen LogP) is 5.42. The summed E-state index contributed by atoms with van der Waals surface area (Å²) in [6.07, 6.45) is -1.46. The minimum Gasteiger partial charge on any atom is -0.508 e. The fourth-order valence-electron chi connectivity index (χ4n) is 4.91. The number of phenolic OH excluding ortho intramolecular Hbond substituents is 5. The zero-order chi connectivity index (χ0) is 28.1. The van der Waals surface area contributed by atoms with Crippen molar-refractivity contribution in [3.05, 3.63) is 89.0 Å². The Balaban J connectivity index is 1.20. The molecule has 4 aromatic rings. The van der Waals surface area contributed by atoms with Gasteiger partial charge in [-0.15, -0.1) is 0 Å². The van der Waals surface area contributed by atoms with Gasteiger partial charge in [-0.05, 0) is 35.4 Å². The summed E-state index contributed by atoms with van der Waals surface area (Å²) in [7, 11) is 0. The molecule has 40 heavy (non-hydrogen) atoms. The number of aromatic hydroxyl groups is 5. The summed E-state index contributed by atoms with van der Waals surface area (Å²) in [5.74, 6) is -1.36. The molecule has 0 spiro atoms. The molecule has 0 amide bonds. The van der Waals surface area contributed by atoms with Crippen LogP contribution in [0.4, 0.5) is 0 Å². The van der Waals surface area contributed by atoms with Crippen molar-refractivity contribution in [2.45, 2.75) is 25.0 Å². The van der Waals surface area contributed by atoms with E-state index >= 15 is 0 Å². The number of carbonyl (C=O) groups is 2. The Bertz CT molecular complexity index is 1680. The summed E-state index contributed by atoms with van der Waals surface area (Å²) in [4.78, 5) is 25.3. The summed E-state index contributed by atoms with van der Waals surface area (Å²) in [5.41, 5.74) is 1.23. The molecular weight excluding hydrogens is 520 g/mol. The molecule has 0 bridgehead atoms. The third kappa shape index (κ3) is 4.45. The topological polar surface area (TPSA) is 163 Å². The Morgan fingerprint density at radius 1 is 0.600 bits per heavy atom. The molecular formula is C30H22O10. The number of rotatable bonds is 4. The molecule has 0 saturated heterocycles. The number of ether oxygens (including phenoxy) is 3. The molecule has 2 unspecified atom stereocenters. The zero-order valence-corrected chi connectivity index (χ0v) is 20.7. The first-order valence-electron chi connectivity index (χ1n) is 12.3. The second-order valence-corrected chi connectivity index (χ2v) is 9.54. The van der Waals surface area contributed by atoms with E-state index in [2.05, 4.69) is 0 Å². The molecule has 0 fully saturated rings. The van der Waals surface area contributed by atoms with Crippen LogP contribution in [0.15, 0.2) is 66.7 Å². The molecule has 2 atom stereocenters. The Morgan fingerprint density at radius 3 is 1.65 bits per heavy atom. The summed E-state index contributed by atoms with van der Waals surface area (Å²) in [6, 6.07) is 15.9. The van der Waals surface area contributed by atoms with Gasteiger partial charge in [0.25, 0.3) is 0 Å². The lowest BCUT2D eigenvalue weighted by Crippen LogP contribution is -2.20. The van der Waals surface area contributed by atoms with Crippen molar-refractivity contribution in [3.63, 3.8) is 0 Å². The van der Waals surface area contributed by atoms with E-state index in [9.17, 15) is 35.1 Å². The molecule has 4 aromatic carbocycles. The van der Waals surface area contributed by atoms with Gasteiger partial charge in [-0.25, -0.2) is 0 Å². The lowest BCUT2D eigenvalue weighted by molar-refractivity contribution is 0.0834. The van der Waals surface area contributed by atoms with Crippen LogP contribution in [0.25, 0.3) is 0 Å². The maximum Gasteiger partial charge on any atom is 0.174 e. The first kappa shape index (κ1) is 24.9. The number of hydrogen-bond donors (Lipinski definition) is 5. The predicted molar refractivity (Wildman–Crippen MR) is 139 cm³/mol. The average molecular weight is 542 g/mol. The molecule has 0 saturated carbocycles. The SMILES string of the molecule is O=C1CC(c2ccc(Oc3cc(C4CC(=O)c5c(O)cc(O)cc5O4)ccc3O)cc2)Oc2cc(O)cc(O)c21. The van der Waals surface area contributed by atoms with Crippen LogP contribution in [0.2, 0.25) is 0 Å². The van der Waals surface area contributed by atoms with Crippen LogP contribution in [0.5, 0.6) is 51.7 Å². The normalized spacial score (nSPS) is 17.8. The van der Waals surface area contributed by atoms with E-state index in [0.717, 1.165) is 12.1 Å². The van der Waals surface area contributed by atoms with Crippen LogP contribution in [0, 0.1) is 0 Å². The van der Waals surface area contributed by atoms with Gasteiger partial charge in [-0.3, -0.25) is 9.59 Å². The number of ketones is 2. The van der Waals surface area contributed by atoms with Gasteiger partial charge in [0.2, 0.25) is 0 Å². The second-order valence-electron chi connectivity index (χ2n) is 9.54. The molecule has 10 heteroatoms. The van der Waals surface area contributed by atoms with Crippen LogP contribution in [0.1, 0.15) is 56.9 Å². The van der Waals surface area contributed by atoms with Crippen LogP contribution in [-0.4, -0.2) is 37.1 Å². The Morgan fingerprint density at radius 2 is 1.10 bits per heavy atom. The number of benzene rings is 4. The van der Waals surface area contributed by atoms with Gasteiger partial charge in [0.05, 0.1) is 12.8 Å². The van der Waals surface area contributed by atoms with Crippen molar-refractivity contribution in [2.24, 2.45) is 0 Å². The molecule has 202 valence electrons. The maximum absolute atomic E-state index is 12.7. The van der Waals surface area contributed by atoms with Gasteiger partial charge < -0.3 is 39.7 Å².